The summed E-state index contributed by atoms with van der Waals surface area (Å²) in [5, 5.41) is 0. The van der Waals surface area contributed by atoms with Crippen LogP contribution < -0.4 is 4.74 Å². The lowest BCUT2D eigenvalue weighted by molar-refractivity contribution is 0.0561. The maximum absolute atomic E-state index is 6.50. The molecule has 1 aliphatic heterocycles. The van der Waals surface area contributed by atoms with E-state index in [1.165, 1.54) is 30.4 Å². The van der Waals surface area contributed by atoms with E-state index in [0.717, 1.165) is 23.3 Å². The molecule has 2 heterocycles. The summed E-state index contributed by atoms with van der Waals surface area (Å²) < 4.78 is 6.50. The van der Waals surface area contributed by atoms with Crippen molar-refractivity contribution in [3.63, 3.8) is 0 Å². The van der Waals surface area contributed by atoms with Gasteiger partial charge in [-0.15, -0.1) is 0 Å². The Hall–Kier alpha value is -1.83. The second-order valence-electron chi connectivity index (χ2n) is 7.22. The smallest absolute Gasteiger partial charge is 0.144 e. The number of rotatable bonds is 1. The molecule has 0 radical (unpaired) electrons. The van der Waals surface area contributed by atoms with Gasteiger partial charge in [-0.05, 0) is 67.7 Å². The highest BCUT2D eigenvalue weighted by atomic mass is 16.5. The number of aromatic nitrogens is 1. The molecule has 2 aliphatic carbocycles. The van der Waals surface area contributed by atoms with E-state index < -0.39 is 0 Å². The van der Waals surface area contributed by atoms with Gasteiger partial charge >= 0.3 is 0 Å². The fourth-order valence-corrected chi connectivity index (χ4v) is 5.40. The Kier molecular flexibility index (Phi) is 2.64. The van der Waals surface area contributed by atoms with E-state index in [0.29, 0.717) is 11.8 Å². The Morgan fingerprint density at radius 1 is 1.05 bits per heavy atom. The molecule has 0 amide bonds. The molecule has 2 heteroatoms. The summed E-state index contributed by atoms with van der Waals surface area (Å²) in [6.45, 7) is 2.24. The number of fused-ring (bicyclic) bond motifs is 7. The van der Waals surface area contributed by atoms with Gasteiger partial charge in [0.2, 0.25) is 0 Å². The zero-order chi connectivity index (χ0) is 14.7. The fourth-order valence-electron chi connectivity index (χ4n) is 5.40. The molecule has 2 fully saturated rings. The summed E-state index contributed by atoms with van der Waals surface area (Å²) in [6, 6.07) is 12.7. The first-order valence-corrected chi connectivity index (χ1v) is 8.50. The minimum absolute atomic E-state index is 0.135. The van der Waals surface area contributed by atoms with Crippen LogP contribution in [0.3, 0.4) is 0 Å². The Morgan fingerprint density at radius 2 is 1.95 bits per heavy atom. The Balaban J connectivity index is 1.67. The van der Waals surface area contributed by atoms with E-state index in [1.807, 2.05) is 12.3 Å². The first-order chi connectivity index (χ1) is 10.8. The lowest BCUT2D eigenvalue weighted by atomic mass is 9.69. The SMILES string of the molecule is Cc1cccc2c1[C@H]1[C@@H]3CC[C@@H](C3)[C@H]1[C@@H](c1ccccn1)O2. The van der Waals surface area contributed by atoms with Crippen molar-refractivity contribution in [1.82, 2.24) is 4.98 Å². The van der Waals surface area contributed by atoms with Crippen molar-refractivity contribution >= 4 is 0 Å². The van der Waals surface area contributed by atoms with Gasteiger partial charge in [0.15, 0.2) is 0 Å². The molecule has 0 unspecified atom stereocenters. The molecule has 5 atom stereocenters. The molecule has 22 heavy (non-hydrogen) atoms. The molecule has 112 valence electrons. The third-order valence-electron chi connectivity index (χ3n) is 6.18. The number of benzene rings is 1. The summed E-state index contributed by atoms with van der Waals surface area (Å²) in [6.07, 6.45) is 6.19. The Labute approximate surface area is 131 Å². The van der Waals surface area contributed by atoms with Gasteiger partial charge in [0.1, 0.15) is 11.9 Å². The van der Waals surface area contributed by atoms with Crippen LogP contribution in [0.25, 0.3) is 0 Å². The predicted octanol–water partition coefficient (Wildman–Crippen LogP) is 4.65. The quantitative estimate of drug-likeness (QED) is 0.762. The zero-order valence-corrected chi connectivity index (χ0v) is 12.9. The van der Waals surface area contributed by atoms with Crippen molar-refractivity contribution in [2.24, 2.45) is 17.8 Å². The summed E-state index contributed by atoms with van der Waals surface area (Å²) in [5.74, 6) is 4.06. The number of nitrogens with zero attached hydrogens (tertiary/aromatic N) is 1. The van der Waals surface area contributed by atoms with Crippen LogP contribution in [0.15, 0.2) is 42.6 Å². The highest BCUT2D eigenvalue weighted by Crippen LogP contribution is 2.64. The average Bonchev–Trinajstić information content (AvgIpc) is 3.17. The van der Waals surface area contributed by atoms with Crippen LogP contribution in [0.5, 0.6) is 5.75 Å². The van der Waals surface area contributed by atoms with Gasteiger partial charge in [-0.25, -0.2) is 0 Å². The van der Waals surface area contributed by atoms with Crippen LogP contribution in [-0.4, -0.2) is 4.98 Å². The summed E-state index contributed by atoms with van der Waals surface area (Å²) >= 11 is 0. The topological polar surface area (TPSA) is 22.1 Å². The second-order valence-corrected chi connectivity index (χ2v) is 7.22. The highest BCUT2D eigenvalue weighted by Gasteiger charge is 2.55. The third kappa shape index (κ3) is 1.64. The van der Waals surface area contributed by atoms with Crippen molar-refractivity contribution in [3.8, 4) is 5.75 Å². The zero-order valence-electron chi connectivity index (χ0n) is 12.9. The molecule has 2 bridgehead atoms. The van der Waals surface area contributed by atoms with Crippen molar-refractivity contribution in [1.29, 1.82) is 0 Å². The van der Waals surface area contributed by atoms with Crippen LogP contribution >= 0.6 is 0 Å². The van der Waals surface area contributed by atoms with E-state index in [4.69, 9.17) is 4.74 Å². The van der Waals surface area contributed by atoms with Crippen molar-refractivity contribution in [3.05, 3.63) is 59.4 Å². The molecule has 0 N–H and O–H groups in total. The molecular formula is C20H21NO. The van der Waals surface area contributed by atoms with Gasteiger partial charge in [0.05, 0.1) is 5.69 Å². The number of pyridine rings is 1. The lowest BCUT2D eigenvalue weighted by Gasteiger charge is -2.42. The van der Waals surface area contributed by atoms with Crippen LogP contribution in [-0.2, 0) is 0 Å². The minimum Gasteiger partial charge on any atom is -0.483 e. The van der Waals surface area contributed by atoms with Gasteiger partial charge in [0, 0.05) is 17.7 Å². The van der Waals surface area contributed by atoms with E-state index >= 15 is 0 Å². The van der Waals surface area contributed by atoms with E-state index in [9.17, 15) is 0 Å². The molecule has 2 aromatic rings. The molecule has 0 saturated heterocycles. The molecule has 0 spiro atoms. The Morgan fingerprint density at radius 3 is 2.82 bits per heavy atom. The predicted molar refractivity (Wildman–Crippen MR) is 85.8 cm³/mol. The van der Waals surface area contributed by atoms with E-state index in [2.05, 4.69) is 42.2 Å². The first-order valence-electron chi connectivity index (χ1n) is 8.50. The maximum atomic E-state index is 6.50. The molecule has 2 saturated carbocycles. The van der Waals surface area contributed by atoms with Crippen LogP contribution in [0.1, 0.15) is 48.1 Å². The number of ether oxygens (including phenoxy) is 1. The van der Waals surface area contributed by atoms with Crippen LogP contribution in [0, 0.1) is 24.7 Å². The summed E-state index contributed by atoms with van der Waals surface area (Å²) in [5.41, 5.74) is 4.00. The number of hydrogen-bond donors (Lipinski definition) is 0. The largest absolute Gasteiger partial charge is 0.483 e. The Bertz CT molecular complexity index is 711. The average molecular weight is 291 g/mol. The van der Waals surface area contributed by atoms with Crippen LogP contribution in [0.2, 0.25) is 0 Å². The van der Waals surface area contributed by atoms with Gasteiger partial charge in [-0.1, -0.05) is 18.2 Å². The van der Waals surface area contributed by atoms with E-state index in [1.54, 1.807) is 0 Å². The maximum Gasteiger partial charge on any atom is 0.144 e. The molecule has 3 aliphatic rings. The lowest BCUT2D eigenvalue weighted by Crippen LogP contribution is -2.34. The summed E-state index contributed by atoms with van der Waals surface area (Å²) in [7, 11) is 0. The van der Waals surface area contributed by atoms with Crippen molar-refractivity contribution in [2.75, 3.05) is 0 Å². The summed E-state index contributed by atoms with van der Waals surface area (Å²) in [4.78, 5) is 4.62. The first kappa shape index (κ1) is 12.7. The molecule has 5 rings (SSSR count). The minimum atomic E-state index is 0.135. The highest BCUT2D eigenvalue weighted by molar-refractivity contribution is 5.47. The second kappa shape index (κ2) is 4.58. The molecule has 2 nitrogen and oxygen atoms in total. The number of hydrogen-bond acceptors (Lipinski definition) is 2. The molecule has 1 aromatic carbocycles. The van der Waals surface area contributed by atoms with Crippen LogP contribution in [0.4, 0.5) is 0 Å². The monoisotopic (exact) mass is 291 g/mol. The third-order valence-corrected chi connectivity index (χ3v) is 6.18. The van der Waals surface area contributed by atoms with Gasteiger partial charge in [-0.3, -0.25) is 4.98 Å². The molecule has 1 aromatic heterocycles. The standard InChI is InChI=1S/C20H21NO/c1-12-5-4-7-16-17(12)18-13-8-9-14(11-13)19(18)20(22-16)15-6-2-3-10-21-15/h2-7,10,13-14,18-20H,8-9,11H2,1H3/t13-,14+,18-,19-,20-/m1/s1. The number of aryl methyl sites for hydroxylation is 1. The van der Waals surface area contributed by atoms with Crippen molar-refractivity contribution < 1.29 is 4.74 Å². The van der Waals surface area contributed by atoms with Gasteiger partial charge in [-0.2, -0.15) is 0 Å². The van der Waals surface area contributed by atoms with Gasteiger partial charge < -0.3 is 4.74 Å². The fraction of sp³-hybridized carbons (Fsp3) is 0.450. The van der Waals surface area contributed by atoms with Crippen molar-refractivity contribution in [2.45, 2.75) is 38.2 Å². The van der Waals surface area contributed by atoms with E-state index in [-0.39, 0.29) is 6.10 Å². The van der Waals surface area contributed by atoms with Gasteiger partial charge in [0.25, 0.3) is 0 Å². The normalized spacial score (nSPS) is 34.9. The molecular weight excluding hydrogens is 270 g/mol.